The number of nitrogens with one attached hydrogen (secondary N) is 1. The third-order valence-corrected chi connectivity index (χ3v) is 2.84. The van der Waals surface area contributed by atoms with E-state index < -0.39 is 0 Å². The van der Waals surface area contributed by atoms with Crippen LogP contribution in [0.5, 0.6) is 0 Å². The maximum Gasteiger partial charge on any atom is 0.324 e. The molecule has 1 aliphatic heterocycles. The smallest absolute Gasteiger partial charge is 0.324 e. The molecule has 96 valence electrons. The van der Waals surface area contributed by atoms with Gasteiger partial charge >= 0.3 is 6.03 Å². The molecule has 0 radical (unpaired) electrons. The van der Waals surface area contributed by atoms with Crippen molar-refractivity contribution < 1.29 is 4.79 Å². The predicted molar refractivity (Wildman–Crippen MR) is 69.6 cm³/mol. The minimum absolute atomic E-state index is 0.0775. The molecule has 0 aromatic carbocycles. The van der Waals surface area contributed by atoms with Gasteiger partial charge in [-0.1, -0.05) is 6.07 Å². The van der Waals surface area contributed by atoms with E-state index in [-0.39, 0.29) is 12.0 Å². The summed E-state index contributed by atoms with van der Waals surface area (Å²) in [4.78, 5) is 21.7. The third-order valence-electron chi connectivity index (χ3n) is 2.84. The number of nitrogens with zero attached hydrogens (tertiary/aromatic N) is 3. The largest absolute Gasteiger partial charge is 0.369 e. The number of urea groups is 1. The van der Waals surface area contributed by atoms with E-state index >= 15 is 0 Å². The fourth-order valence-electron chi connectivity index (χ4n) is 1.85. The number of aromatic nitrogens is 1. The van der Waals surface area contributed by atoms with Crippen molar-refractivity contribution in [1.82, 2.24) is 15.2 Å². The summed E-state index contributed by atoms with van der Waals surface area (Å²) < 4.78 is 0. The van der Waals surface area contributed by atoms with Crippen LogP contribution in [0.15, 0.2) is 23.3 Å². The second kappa shape index (κ2) is 5.48. The molecule has 6 heteroatoms. The van der Waals surface area contributed by atoms with E-state index in [1.165, 1.54) is 0 Å². The average molecular weight is 247 g/mol. The Kier molecular flexibility index (Phi) is 3.76. The van der Waals surface area contributed by atoms with Crippen LogP contribution in [-0.4, -0.2) is 35.0 Å². The highest BCUT2D eigenvalue weighted by Gasteiger charge is 2.18. The van der Waals surface area contributed by atoms with Crippen LogP contribution in [0.4, 0.5) is 10.6 Å². The third kappa shape index (κ3) is 2.97. The Hall–Kier alpha value is -2.11. The second-order valence-electron chi connectivity index (χ2n) is 4.27. The van der Waals surface area contributed by atoms with Gasteiger partial charge in [0, 0.05) is 19.3 Å². The van der Waals surface area contributed by atoms with Crippen LogP contribution in [0, 0.1) is 6.92 Å². The molecule has 2 amide bonds. The molecule has 6 nitrogen and oxygen atoms in total. The quantitative estimate of drug-likeness (QED) is 0.576. The van der Waals surface area contributed by atoms with Gasteiger partial charge in [-0.2, -0.15) is 4.99 Å². The molecule has 0 atom stereocenters. The Bertz CT molecular complexity index is 465. The fourth-order valence-corrected chi connectivity index (χ4v) is 1.85. The lowest BCUT2D eigenvalue weighted by molar-refractivity contribution is 0.214. The standard InChI is InChI=1S/C12H17N5O/c1-9-5-4-6-14-10(9)15-11(13)16-12(18)17-7-2-3-8-17/h4-6H,2-3,7-8H2,1H3,(H3,13,14,15,16,18). The van der Waals surface area contributed by atoms with E-state index in [2.05, 4.69) is 15.3 Å². The van der Waals surface area contributed by atoms with E-state index in [0.717, 1.165) is 31.5 Å². The molecule has 1 aromatic rings. The first-order valence-corrected chi connectivity index (χ1v) is 5.98. The first-order chi connectivity index (χ1) is 8.66. The van der Waals surface area contributed by atoms with Crippen molar-refractivity contribution in [3.8, 4) is 0 Å². The van der Waals surface area contributed by atoms with Gasteiger partial charge in [-0.05, 0) is 31.4 Å². The number of hydrogen-bond acceptors (Lipinski definition) is 3. The number of rotatable bonds is 1. The number of aryl methyl sites for hydroxylation is 1. The summed E-state index contributed by atoms with van der Waals surface area (Å²) in [6, 6.07) is 3.52. The number of amides is 2. The summed E-state index contributed by atoms with van der Waals surface area (Å²) in [5.74, 6) is 0.602. The topological polar surface area (TPSA) is 83.6 Å². The van der Waals surface area contributed by atoms with E-state index in [1.54, 1.807) is 11.1 Å². The fraction of sp³-hybridized carbons (Fsp3) is 0.417. The van der Waals surface area contributed by atoms with Gasteiger partial charge in [0.1, 0.15) is 0 Å². The maximum atomic E-state index is 11.8. The van der Waals surface area contributed by atoms with Crippen LogP contribution in [0.25, 0.3) is 0 Å². The molecular weight excluding hydrogens is 230 g/mol. The lowest BCUT2D eigenvalue weighted by Crippen LogP contribution is -2.44. The number of carbonyl (C=O) groups is 1. The van der Waals surface area contributed by atoms with Crippen molar-refractivity contribution in [3.05, 3.63) is 23.9 Å². The summed E-state index contributed by atoms with van der Waals surface area (Å²) in [5, 5.41) is 2.57. The minimum atomic E-state index is -0.192. The lowest BCUT2D eigenvalue weighted by atomic mass is 10.3. The van der Waals surface area contributed by atoms with Gasteiger partial charge in [0.25, 0.3) is 0 Å². The molecule has 0 bridgehead atoms. The van der Waals surface area contributed by atoms with Crippen LogP contribution < -0.4 is 11.1 Å². The number of likely N-dealkylation sites (tertiary alicyclic amines) is 1. The Morgan fingerprint density at radius 3 is 2.89 bits per heavy atom. The van der Waals surface area contributed by atoms with Crippen LogP contribution in [0.1, 0.15) is 18.4 Å². The van der Waals surface area contributed by atoms with E-state index in [1.807, 2.05) is 19.1 Å². The number of guanidine groups is 1. The molecule has 0 saturated carbocycles. The lowest BCUT2D eigenvalue weighted by Gasteiger charge is -2.15. The van der Waals surface area contributed by atoms with Crippen molar-refractivity contribution in [2.45, 2.75) is 19.8 Å². The summed E-state index contributed by atoms with van der Waals surface area (Å²) in [6.07, 6.45) is 3.73. The first-order valence-electron chi connectivity index (χ1n) is 5.98. The molecule has 0 unspecified atom stereocenters. The SMILES string of the molecule is Cc1cccnc1/N=C(\N)NC(=O)N1CCCC1. The minimum Gasteiger partial charge on any atom is -0.369 e. The zero-order valence-electron chi connectivity index (χ0n) is 10.4. The van der Waals surface area contributed by atoms with Crippen molar-refractivity contribution >= 4 is 17.8 Å². The van der Waals surface area contributed by atoms with Gasteiger partial charge in [-0.3, -0.25) is 5.32 Å². The molecule has 1 fully saturated rings. The Labute approximate surface area is 106 Å². The highest BCUT2D eigenvalue weighted by atomic mass is 16.2. The average Bonchev–Trinajstić information content (AvgIpc) is 2.85. The Balaban J connectivity index is 2.01. The second-order valence-corrected chi connectivity index (χ2v) is 4.27. The normalized spacial score (nSPS) is 15.8. The summed E-state index contributed by atoms with van der Waals surface area (Å²) in [6.45, 7) is 3.45. The van der Waals surface area contributed by atoms with E-state index in [9.17, 15) is 4.79 Å². The van der Waals surface area contributed by atoms with Crippen molar-refractivity contribution in [2.24, 2.45) is 10.7 Å². The molecule has 18 heavy (non-hydrogen) atoms. The van der Waals surface area contributed by atoms with Crippen molar-refractivity contribution in [2.75, 3.05) is 13.1 Å². The number of aliphatic imine (C=N–C) groups is 1. The van der Waals surface area contributed by atoms with E-state index in [0.29, 0.717) is 5.82 Å². The van der Waals surface area contributed by atoms with Gasteiger partial charge in [0.15, 0.2) is 5.82 Å². The number of nitrogens with two attached hydrogens (primary N) is 1. The van der Waals surface area contributed by atoms with Crippen LogP contribution in [0.2, 0.25) is 0 Å². The predicted octanol–water partition coefficient (Wildman–Crippen LogP) is 1.14. The van der Waals surface area contributed by atoms with Crippen molar-refractivity contribution in [1.29, 1.82) is 0 Å². The Morgan fingerprint density at radius 1 is 1.50 bits per heavy atom. The molecular formula is C12H17N5O. The zero-order valence-corrected chi connectivity index (χ0v) is 10.4. The molecule has 1 saturated heterocycles. The molecule has 2 heterocycles. The number of carbonyl (C=O) groups excluding carboxylic acids is 1. The first kappa shape index (κ1) is 12.3. The maximum absolute atomic E-state index is 11.8. The highest BCUT2D eigenvalue weighted by Crippen LogP contribution is 2.12. The highest BCUT2D eigenvalue weighted by molar-refractivity contribution is 5.96. The van der Waals surface area contributed by atoms with Gasteiger partial charge < -0.3 is 10.6 Å². The monoisotopic (exact) mass is 247 g/mol. The van der Waals surface area contributed by atoms with Gasteiger partial charge in [-0.25, -0.2) is 9.78 Å². The molecule has 1 aliphatic rings. The van der Waals surface area contributed by atoms with Crippen molar-refractivity contribution in [3.63, 3.8) is 0 Å². The Morgan fingerprint density at radius 2 is 2.22 bits per heavy atom. The molecule has 0 spiro atoms. The van der Waals surface area contributed by atoms with Crippen LogP contribution in [0.3, 0.4) is 0 Å². The molecule has 0 aliphatic carbocycles. The van der Waals surface area contributed by atoms with Crippen LogP contribution in [-0.2, 0) is 0 Å². The molecule has 3 N–H and O–H groups in total. The molecule has 1 aromatic heterocycles. The zero-order chi connectivity index (χ0) is 13.0. The summed E-state index contributed by atoms with van der Waals surface area (Å²) >= 11 is 0. The molecule has 2 rings (SSSR count). The van der Waals surface area contributed by atoms with Gasteiger partial charge in [0.05, 0.1) is 0 Å². The van der Waals surface area contributed by atoms with E-state index in [4.69, 9.17) is 5.73 Å². The number of pyridine rings is 1. The summed E-state index contributed by atoms with van der Waals surface area (Å²) in [5.41, 5.74) is 6.61. The van der Waals surface area contributed by atoms with Crippen LogP contribution >= 0.6 is 0 Å². The van der Waals surface area contributed by atoms with Gasteiger partial charge in [-0.15, -0.1) is 0 Å². The summed E-state index contributed by atoms with van der Waals surface area (Å²) in [7, 11) is 0. The van der Waals surface area contributed by atoms with Gasteiger partial charge in [0.2, 0.25) is 5.96 Å². The number of hydrogen-bond donors (Lipinski definition) is 2.